The lowest BCUT2D eigenvalue weighted by molar-refractivity contribution is 0.488. The molecule has 0 radical (unpaired) electrons. The fourth-order valence-corrected chi connectivity index (χ4v) is 40.1. The normalized spacial score (nSPS) is 12.9. The highest BCUT2D eigenvalue weighted by molar-refractivity contribution is 8.00. The van der Waals surface area contributed by atoms with Crippen molar-refractivity contribution in [3.8, 4) is 136 Å². The van der Waals surface area contributed by atoms with E-state index in [1.54, 1.807) is 0 Å². The first-order valence-corrected chi connectivity index (χ1v) is 56.0. The number of rotatable bonds is 17. The van der Waals surface area contributed by atoms with Gasteiger partial charge in [0.1, 0.15) is 11.5 Å². The predicted octanol–water partition coefficient (Wildman–Crippen LogP) is 23.7. The zero-order valence-corrected chi connectivity index (χ0v) is 82.9. The number of benzene rings is 20. The molecule has 0 amide bonds. The van der Waals surface area contributed by atoms with Crippen LogP contribution in [0.15, 0.2) is 566 Å². The summed E-state index contributed by atoms with van der Waals surface area (Å²) in [4.78, 5) is 45.6. The summed E-state index contributed by atoms with van der Waals surface area (Å²) < 4.78 is 6.89. The molecule has 0 aliphatic carbocycles. The van der Waals surface area contributed by atoms with Crippen LogP contribution < -0.4 is 67.0 Å². The van der Waals surface area contributed by atoms with Crippen LogP contribution >= 0.6 is 23.5 Å². The molecule has 0 spiro atoms. The van der Waals surface area contributed by atoms with E-state index in [2.05, 4.69) is 406 Å². The van der Waals surface area contributed by atoms with Crippen molar-refractivity contribution in [2.24, 2.45) is 0 Å². The first-order chi connectivity index (χ1) is 71.4. The van der Waals surface area contributed by atoms with Gasteiger partial charge in [-0.25, -0.2) is 39.9 Å². The Balaban J connectivity index is 0.000000117. The Morgan fingerprint density at radius 2 is 0.396 bits per heavy atom. The third-order valence-corrected chi connectivity index (χ3v) is 45.1. The first kappa shape index (κ1) is 89.3. The van der Waals surface area contributed by atoms with Gasteiger partial charge in [0.05, 0.1) is 17.0 Å². The van der Waals surface area contributed by atoms with E-state index in [1.807, 2.05) is 163 Å². The predicted molar refractivity (Wildman–Crippen MR) is 601 cm³/mol. The minimum atomic E-state index is -2.79. The third-order valence-electron chi connectivity index (χ3n) is 27.4. The molecule has 23 aromatic rings. The fraction of sp³-hybridized carbons (Fsp3) is 0. The molecular formula is C130H90N8OS2Si3. The number of nitrogens with zero attached hydrogens (tertiary/aromatic N) is 8. The average molecular weight is 1930 g/mol. The molecule has 0 atom stereocenters. The summed E-state index contributed by atoms with van der Waals surface area (Å²) in [6.07, 6.45) is 0. The smallest absolute Gasteiger partial charge is 0.188 e. The number of aromatic nitrogens is 8. The van der Waals surface area contributed by atoms with Crippen LogP contribution in [-0.2, 0) is 0 Å². The summed E-state index contributed by atoms with van der Waals surface area (Å²) in [6, 6.07) is 194. The van der Waals surface area contributed by atoms with Crippen molar-refractivity contribution in [3.05, 3.63) is 546 Å². The molecule has 20 aromatic carbocycles. The standard InChI is InChI=1S/C46H32N2SSi.C45H31N3SSi.C39H27N3OSi/c1-5-17-33(18-6-1)40-32-41(34-19-7-2-8-20-34)48-46(47-40)36-22-15-21-35(31-36)39-27-16-30-44-45(39)49-42-28-13-14-29-43(42)50(44,37-23-9-3-10-24-37)38-25-11-4-12-26-38;1-5-17-32(18-6-1)43-46-44(33-19-7-2-8-20-33)48-45(47-43)35-22-15-21-34(31-35)38-27-16-30-41-42(38)49-39-28-13-14-29-40(39)50(41,36-23-9-3-10-24-36)37-25-11-4-12-26-37;1-5-16-28(17-6-1)37-40-38(29-18-7-2-8-19-29)42-39(41-37)32-24-15-27-35-36(32)43-33-25-13-14-26-34(33)44(35,30-20-9-3-10-21-30)31-22-11-4-12-23-31/h1-32H;1-31H;1-27H. The SMILES string of the molecule is c1ccc(-c2cc(-c3ccccc3)nc(-c3cccc(-c4cccc5c4Sc4ccccc4[Si]5(c4ccccc4)c4ccccc4)c3)n2)cc1.c1ccc(-c2nc(-c3ccccc3)nc(-c3cccc(-c4cccc5c4Sc4ccccc4[Si]5(c4ccccc4)c4ccccc4)c3)n2)cc1.c1ccc(-c2nc(-c3ccccc3)nc(-c3cccc4c3Oc3ccccc3[Si]4(c3ccccc3)c3ccccc3)n2)cc1. The summed E-state index contributed by atoms with van der Waals surface area (Å²) >= 11 is 3.79. The monoisotopic (exact) mass is 1930 g/mol. The van der Waals surface area contributed by atoms with Gasteiger partial charge in [0.15, 0.2) is 65.0 Å². The molecule has 3 aliphatic heterocycles. The summed E-state index contributed by atoms with van der Waals surface area (Å²) in [6.45, 7) is 0. The van der Waals surface area contributed by atoms with Gasteiger partial charge in [-0.15, -0.1) is 0 Å². The molecule has 0 saturated heterocycles. The van der Waals surface area contributed by atoms with Crippen LogP contribution in [0.4, 0.5) is 0 Å². The summed E-state index contributed by atoms with van der Waals surface area (Å²) in [5.74, 6) is 6.18. The van der Waals surface area contributed by atoms with Crippen LogP contribution in [-0.4, -0.2) is 64.1 Å². The summed E-state index contributed by atoms with van der Waals surface area (Å²) in [5, 5.41) is 16.3. The van der Waals surface area contributed by atoms with Crippen molar-refractivity contribution in [3.63, 3.8) is 0 Å². The second kappa shape index (κ2) is 39.7. The fourth-order valence-electron chi connectivity index (χ4n) is 20.9. The minimum absolute atomic E-state index is 0.581. The van der Waals surface area contributed by atoms with Crippen LogP contribution in [0.3, 0.4) is 0 Å². The van der Waals surface area contributed by atoms with Gasteiger partial charge in [0.25, 0.3) is 0 Å². The minimum Gasteiger partial charge on any atom is -0.457 e. The maximum absolute atomic E-state index is 6.89. The van der Waals surface area contributed by atoms with Gasteiger partial charge < -0.3 is 4.74 Å². The zero-order chi connectivity index (χ0) is 96.0. The maximum Gasteiger partial charge on any atom is 0.188 e. The van der Waals surface area contributed by atoms with E-state index in [1.165, 1.54) is 92.9 Å². The molecule has 0 unspecified atom stereocenters. The van der Waals surface area contributed by atoms with Gasteiger partial charge in [0, 0.05) is 64.1 Å². The number of hydrogen-bond donors (Lipinski definition) is 0. The number of fused-ring (bicyclic) bond motifs is 6. The molecule has 6 heterocycles. The molecule has 144 heavy (non-hydrogen) atoms. The molecule has 9 nitrogen and oxygen atoms in total. The molecule has 680 valence electrons. The van der Waals surface area contributed by atoms with Crippen LogP contribution in [0, 0.1) is 0 Å². The maximum atomic E-state index is 6.89. The Hall–Kier alpha value is -17.3. The van der Waals surface area contributed by atoms with E-state index in [0.717, 1.165) is 84.1 Å². The van der Waals surface area contributed by atoms with Crippen LogP contribution in [0.5, 0.6) is 11.5 Å². The first-order valence-electron chi connectivity index (χ1n) is 48.4. The molecule has 0 bridgehead atoms. The highest BCUT2D eigenvalue weighted by atomic mass is 32.2. The van der Waals surface area contributed by atoms with Gasteiger partial charge >= 0.3 is 0 Å². The van der Waals surface area contributed by atoms with Crippen molar-refractivity contribution >= 4 is 110 Å². The Morgan fingerprint density at radius 3 is 0.743 bits per heavy atom. The second-order valence-electron chi connectivity index (χ2n) is 35.7. The van der Waals surface area contributed by atoms with Crippen molar-refractivity contribution in [2.75, 3.05) is 0 Å². The van der Waals surface area contributed by atoms with Crippen molar-refractivity contribution in [1.82, 2.24) is 39.9 Å². The van der Waals surface area contributed by atoms with Crippen molar-refractivity contribution in [2.45, 2.75) is 19.6 Å². The Kier molecular flexibility index (Phi) is 24.6. The molecule has 0 fully saturated rings. The Labute approximate surface area is 849 Å². The number of ether oxygens (including phenoxy) is 1. The lowest BCUT2D eigenvalue weighted by Crippen LogP contribution is -2.76. The average Bonchev–Trinajstić information content (AvgIpc) is 0.708. The molecule has 14 heteroatoms. The summed E-state index contributed by atoms with van der Waals surface area (Å²) in [7, 11) is -8.11. The molecule has 0 N–H and O–H groups in total. The highest BCUT2D eigenvalue weighted by Gasteiger charge is 2.51. The third kappa shape index (κ3) is 16.7. The number of hydrogen-bond acceptors (Lipinski definition) is 11. The molecule has 26 rings (SSSR count). The lowest BCUT2D eigenvalue weighted by atomic mass is 10.0. The van der Waals surface area contributed by atoms with E-state index in [9.17, 15) is 0 Å². The zero-order valence-electron chi connectivity index (χ0n) is 78.3. The highest BCUT2D eigenvalue weighted by Crippen LogP contribution is 2.45. The second-order valence-corrected chi connectivity index (χ2v) is 49.0. The Morgan fingerprint density at radius 1 is 0.160 bits per heavy atom. The van der Waals surface area contributed by atoms with Crippen LogP contribution in [0.2, 0.25) is 0 Å². The summed E-state index contributed by atoms with van der Waals surface area (Å²) in [5.41, 5.74) is 15.3. The Bertz CT molecular complexity index is 7940. The van der Waals surface area contributed by atoms with E-state index in [0.29, 0.717) is 40.8 Å². The quantitative estimate of drug-likeness (QED) is 0.0812. The van der Waals surface area contributed by atoms with Crippen LogP contribution in [0.25, 0.3) is 124 Å². The van der Waals surface area contributed by atoms with Crippen molar-refractivity contribution < 1.29 is 4.74 Å². The van der Waals surface area contributed by atoms with E-state index < -0.39 is 24.2 Å². The molecule has 3 aliphatic rings. The van der Waals surface area contributed by atoms with Gasteiger partial charge in [-0.2, -0.15) is 0 Å². The van der Waals surface area contributed by atoms with E-state index in [4.69, 9.17) is 44.6 Å². The lowest BCUT2D eigenvalue weighted by Gasteiger charge is -2.40. The largest absolute Gasteiger partial charge is 0.457 e. The molecule has 0 saturated carbocycles. The molecular weight excluding hydrogens is 1840 g/mol. The van der Waals surface area contributed by atoms with Crippen molar-refractivity contribution in [1.29, 1.82) is 0 Å². The number of para-hydroxylation sites is 2. The van der Waals surface area contributed by atoms with E-state index >= 15 is 0 Å². The molecule has 3 aromatic heterocycles. The van der Waals surface area contributed by atoms with Crippen LogP contribution in [0.1, 0.15) is 0 Å². The van der Waals surface area contributed by atoms with Gasteiger partial charge in [-0.1, -0.05) is 527 Å². The van der Waals surface area contributed by atoms with E-state index in [-0.39, 0.29) is 0 Å². The topological polar surface area (TPSA) is 112 Å². The van der Waals surface area contributed by atoms with Gasteiger partial charge in [-0.3, -0.25) is 0 Å². The van der Waals surface area contributed by atoms with Gasteiger partial charge in [-0.05, 0) is 127 Å². The van der Waals surface area contributed by atoms with Gasteiger partial charge in [0.2, 0.25) is 0 Å².